The second kappa shape index (κ2) is 5.33. The molecule has 0 atom stereocenters. The number of nitriles is 1. The Morgan fingerprint density at radius 2 is 2.16 bits per heavy atom. The number of hydrogen-bond donors (Lipinski definition) is 0. The van der Waals surface area contributed by atoms with Gasteiger partial charge in [-0.3, -0.25) is 0 Å². The van der Waals surface area contributed by atoms with Gasteiger partial charge in [-0.2, -0.15) is 10.4 Å². The Bertz CT molecular complexity index is 641. The lowest BCUT2D eigenvalue weighted by atomic mass is 10.1. The van der Waals surface area contributed by atoms with Gasteiger partial charge in [0.05, 0.1) is 35.3 Å². The maximum atomic E-state index is 9.11. The highest BCUT2D eigenvalue weighted by Gasteiger charge is 2.16. The number of rotatable bonds is 3. The topological polar surface area (TPSA) is 50.8 Å². The van der Waals surface area contributed by atoms with Crippen molar-refractivity contribution in [3.8, 4) is 17.5 Å². The maximum absolute atomic E-state index is 9.11. The van der Waals surface area contributed by atoms with Crippen molar-refractivity contribution >= 4 is 11.6 Å². The molecule has 0 amide bonds. The van der Waals surface area contributed by atoms with E-state index in [-0.39, 0.29) is 5.92 Å². The van der Waals surface area contributed by atoms with E-state index < -0.39 is 0 Å². The Balaban J connectivity index is 2.57. The second-order valence-corrected chi connectivity index (χ2v) is 4.85. The highest BCUT2D eigenvalue weighted by Crippen LogP contribution is 2.29. The largest absolute Gasteiger partial charge is 0.495 e. The third-order valence-corrected chi connectivity index (χ3v) is 3.15. The van der Waals surface area contributed by atoms with Gasteiger partial charge in [-0.05, 0) is 24.1 Å². The van der Waals surface area contributed by atoms with Crippen molar-refractivity contribution in [3.05, 3.63) is 40.7 Å². The van der Waals surface area contributed by atoms with E-state index in [2.05, 4.69) is 11.2 Å². The van der Waals surface area contributed by atoms with E-state index in [1.54, 1.807) is 30.1 Å². The summed E-state index contributed by atoms with van der Waals surface area (Å²) in [7, 11) is 1.57. The molecule has 0 fully saturated rings. The number of aromatic nitrogens is 2. The zero-order valence-corrected chi connectivity index (χ0v) is 11.8. The van der Waals surface area contributed by atoms with Crippen molar-refractivity contribution in [2.45, 2.75) is 19.8 Å². The van der Waals surface area contributed by atoms with Crippen LogP contribution in [0, 0.1) is 11.3 Å². The molecule has 4 nitrogen and oxygen atoms in total. The van der Waals surface area contributed by atoms with Gasteiger partial charge >= 0.3 is 0 Å². The van der Waals surface area contributed by atoms with Crippen LogP contribution >= 0.6 is 11.6 Å². The van der Waals surface area contributed by atoms with E-state index in [1.807, 2.05) is 19.9 Å². The van der Waals surface area contributed by atoms with Crippen molar-refractivity contribution in [2.24, 2.45) is 0 Å². The van der Waals surface area contributed by atoms with Gasteiger partial charge in [0.2, 0.25) is 0 Å². The Morgan fingerprint density at radius 3 is 2.68 bits per heavy atom. The molecule has 0 aliphatic carbocycles. The second-order valence-electron chi connectivity index (χ2n) is 4.44. The van der Waals surface area contributed by atoms with Crippen molar-refractivity contribution < 1.29 is 4.74 Å². The van der Waals surface area contributed by atoms with Crippen LogP contribution in [0.5, 0.6) is 5.75 Å². The fourth-order valence-electron chi connectivity index (χ4n) is 1.99. The summed E-state index contributed by atoms with van der Waals surface area (Å²) < 4.78 is 6.87. The number of methoxy groups -OCH3 is 1. The molecule has 1 aromatic carbocycles. The van der Waals surface area contributed by atoms with Crippen LogP contribution in [0.25, 0.3) is 5.69 Å². The Labute approximate surface area is 117 Å². The predicted molar refractivity (Wildman–Crippen MR) is 73.9 cm³/mol. The number of ether oxygens (including phenoxy) is 1. The van der Waals surface area contributed by atoms with E-state index >= 15 is 0 Å². The first-order valence-electron chi connectivity index (χ1n) is 5.90. The Hall–Kier alpha value is -1.99. The SMILES string of the molecule is COc1ccc(-n2ncc(C#N)c2C(C)C)cc1Cl. The number of halogens is 1. The molecule has 98 valence electrons. The van der Waals surface area contributed by atoms with Gasteiger partial charge in [0.15, 0.2) is 0 Å². The first-order valence-corrected chi connectivity index (χ1v) is 6.28. The molecule has 0 aliphatic rings. The molecule has 0 saturated carbocycles. The summed E-state index contributed by atoms with van der Waals surface area (Å²) in [5.74, 6) is 0.808. The van der Waals surface area contributed by atoms with E-state index in [0.29, 0.717) is 16.3 Å². The van der Waals surface area contributed by atoms with Gasteiger partial charge in [0.1, 0.15) is 11.8 Å². The van der Waals surface area contributed by atoms with Crippen molar-refractivity contribution in [2.75, 3.05) is 7.11 Å². The number of hydrogen-bond acceptors (Lipinski definition) is 3. The predicted octanol–water partition coefficient (Wildman–Crippen LogP) is 3.53. The monoisotopic (exact) mass is 275 g/mol. The highest BCUT2D eigenvalue weighted by molar-refractivity contribution is 6.32. The summed E-state index contributed by atoms with van der Waals surface area (Å²) in [4.78, 5) is 0. The van der Waals surface area contributed by atoms with E-state index in [0.717, 1.165) is 11.4 Å². The summed E-state index contributed by atoms with van der Waals surface area (Å²) in [5.41, 5.74) is 2.28. The maximum Gasteiger partial charge on any atom is 0.137 e. The fourth-order valence-corrected chi connectivity index (χ4v) is 2.24. The zero-order chi connectivity index (χ0) is 14.0. The highest BCUT2D eigenvalue weighted by atomic mass is 35.5. The molecule has 0 unspecified atom stereocenters. The molecule has 2 aromatic rings. The molecule has 0 spiro atoms. The average Bonchev–Trinajstić information content (AvgIpc) is 2.82. The van der Waals surface area contributed by atoms with Crippen LogP contribution < -0.4 is 4.74 Å². The minimum atomic E-state index is 0.193. The first kappa shape index (κ1) is 13.4. The van der Waals surface area contributed by atoms with Crippen LogP contribution in [0.3, 0.4) is 0 Å². The summed E-state index contributed by atoms with van der Waals surface area (Å²) in [6.07, 6.45) is 1.58. The number of benzene rings is 1. The molecule has 0 radical (unpaired) electrons. The molecular formula is C14H14ClN3O. The van der Waals surface area contributed by atoms with Gasteiger partial charge in [-0.1, -0.05) is 25.4 Å². The molecule has 1 heterocycles. The van der Waals surface area contributed by atoms with Crippen LogP contribution in [-0.2, 0) is 0 Å². The van der Waals surface area contributed by atoms with Crippen LogP contribution in [0.2, 0.25) is 5.02 Å². The van der Waals surface area contributed by atoms with Crippen molar-refractivity contribution in [3.63, 3.8) is 0 Å². The molecule has 0 N–H and O–H groups in total. The summed E-state index contributed by atoms with van der Waals surface area (Å²) >= 11 is 6.12. The molecule has 2 rings (SSSR count). The standard InChI is InChI=1S/C14H14ClN3O/c1-9(2)14-10(7-16)8-17-18(14)11-4-5-13(19-3)12(15)6-11/h4-6,8-9H,1-3H3. The molecular weight excluding hydrogens is 262 g/mol. The number of nitrogens with zero attached hydrogens (tertiary/aromatic N) is 3. The fraction of sp³-hybridized carbons (Fsp3) is 0.286. The molecule has 0 aliphatic heterocycles. The lowest BCUT2D eigenvalue weighted by molar-refractivity contribution is 0.415. The summed E-state index contributed by atoms with van der Waals surface area (Å²) in [6, 6.07) is 7.59. The van der Waals surface area contributed by atoms with Gasteiger partial charge in [-0.15, -0.1) is 0 Å². The summed E-state index contributed by atoms with van der Waals surface area (Å²) in [6.45, 7) is 4.05. The Kier molecular flexibility index (Phi) is 3.77. The van der Waals surface area contributed by atoms with Gasteiger partial charge in [0.25, 0.3) is 0 Å². The van der Waals surface area contributed by atoms with Gasteiger partial charge in [-0.25, -0.2) is 4.68 Å². The van der Waals surface area contributed by atoms with Crippen LogP contribution in [0.15, 0.2) is 24.4 Å². The molecule has 1 aromatic heterocycles. The lowest BCUT2D eigenvalue weighted by Crippen LogP contribution is -2.05. The minimum Gasteiger partial charge on any atom is -0.495 e. The van der Waals surface area contributed by atoms with Crippen LogP contribution in [0.4, 0.5) is 0 Å². The zero-order valence-electron chi connectivity index (χ0n) is 11.0. The molecule has 0 saturated heterocycles. The normalized spacial score (nSPS) is 10.5. The Morgan fingerprint density at radius 1 is 1.42 bits per heavy atom. The van der Waals surface area contributed by atoms with Gasteiger partial charge < -0.3 is 4.74 Å². The van der Waals surface area contributed by atoms with E-state index in [4.69, 9.17) is 21.6 Å². The van der Waals surface area contributed by atoms with E-state index in [9.17, 15) is 0 Å². The third-order valence-electron chi connectivity index (χ3n) is 2.85. The van der Waals surface area contributed by atoms with Crippen molar-refractivity contribution in [1.29, 1.82) is 5.26 Å². The third kappa shape index (κ3) is 2.42. The average molecular weight is 276 g/mol. The lowest BCUT2D eigenvalue weighted by Gasteiger charge is -2.12. The van der Waals surface area contributed by atoms with Crippen molar-refractivity contribution in [1.82, 2.24) is 9.78 Å². The van der Waals surface area contributed by atoms with Crippen LogP contribution in [-0.4, -0.2) is 16.9 Å². The smallest absolute Gasteiger partial charge is 0.137 e. The quantitative estimate of drug-likeness (QED) is 0.861. The van der Waals surface area contributed by atoms with Crippen LogP contribution in [0.1, 0.15) is 31.0 Å². The van der Waals surface area contributed by atoms with E-state index in [1.165, 1.54) is 0 Å². The minimum absolute atomic E-state index is 0.193. The molecule has 5 heteroatoms. The molecule has 0 bridgehead atoms. The molecule has 19 heavy (non-hydrogen) atoms. The van der Waals surface area contributed by atoms with Gasteiger partial charge in [0, 0.05) is 0 Å². The first-order chi connectivity index (χ1) is 9.08. The summed E-state index contributed by atoms with van der Waals surface area (Å²) in [5, 5.41) is 13.9.